The summed E-state index contributed by atoms with van der Waals surface area (Å²) in [4.78, 5) is 2.25. The van der Waals surface area contributed by atoms with Crippen LogP contribution in [0.25, 0.3) is 0 Å². The zero-order chi connectivity index (χ0) is 15.7. The largest absolute Gasteiger partial charge is 0.418 e. The number of para-hydroxylation sites is 1. The predicted molar refractivity (Wildman–Crippen MR) is 81.8 cm³/mol. The number of alkyl halides is 3. The van der Waals surface area contributed by atoms with E-state index in [0.29, 0.717) is 6.54 Å². The molecule has 1 nitrogen and oxygen atoms in total. The lowest BCUT2D eigenvalue weighted by Gasteiger charge is -2.15. The molecule has 21 heavy (non-hydrogen) atoms. The molecule has 114 valence electrons. The highest BCUT2D eigenvalue weighted by Gasteiger charge is 2.33. The molecule has 0 aliphatic rings. The first-order valence-electron chi connectivity index (χ1n) is 6.67. The molecule has 2 aromatic rings. The molecule has 1 aromatic heterocycles. The number of halogens is 3. The highest BCUT2D eigenvalue weighted by Crippen LogP contribution is 2.35. The number of nitrogens with one attached hydrogen (secondary N) is 1. The van der Waals surface area contributed by atoms with Crippen molar-refractivity contribution in [1.82, 2.24) is 0 Å². The van der Waals surface area contributed by atoms with Crippen molar-refractivity contribution in [2.75, 3.05) is 5.32 Å². The summed E-state index contributed by atoms with van der Waals surface area (Å²) in [5, 5.41) is 2.89. The summed E-state index contributed by atoms with van der Waals surface area (Å²) in [5.41, 5.74) is -0.444. The zero-order valence-corrected chi connectivity index (χ0v) is 13.0. The Hall–Kier alpha value is -1.49. The van der Waals surface area contributed by atoms with Gasteiger partial charge in [0.05, 0.1) is 5.56 Å². The average molecular weight is 313 g/mol. The van der Waals surface area contributed by atoms with Crippen LogP contribution in [-0.2, 0) is 18.1 Å². The number of hydrogen-bond acceptors (Lipinski definition) is 2. The van der Waals surface area contributed by atoms with Gasteiger partial charge in [0.15, 0.2) is 0 Å². The molecule has 0 unspecified atom stereocenters. The summed E-state index contributed by atoms with van der Waals surface area (Å²) in [7, 11) is 0. The molecule has 0 atom stereocenters. The van der Waals surface area contributed by atoms with E-state index < -0.39 is 11.7 Å². The molecule has 0 radical (unpaired) electrons. The number of rotatable bonds is 3. The van der Waals surface area contributed by atoms with Gasteiger partial charge in [0.1, 0.15) is 0 Å². The van der Waals surface area contributed by atoms with E-state index in [1.54, 1.807) is 17.4 Å². The molecule has 0 aliphatic heterocycles. The quantitative estimate of drug-likeness (QED) is 0.769. The zero-order valence-electron chi connectivity index (χ0n) is 12.2. The molecular weight excluding hydrogens is 295 g/mol. The standard InChI is InChI=1S/C16H18F3NS/c1-15(2,3)14-9-8-11(21-14)10-20-13-7-5-4-6-12(13)16(17,18)19/h4-9,20H,10H2,1-3H3. The van der Waals surface area contributed by atoms with Crippen molar-refractivity contribution < 1.29 is 13.2 Å². The van der Waals surface area contributed by atoms with E-state index >= 15 is 0 Å². The number of hydrogen-bond donors (Lipinski definition) is 1. The van der Waals surface area contributed by atoms with Gasteiger partial charge in [-0.2, -0.15) is 13.2 Å². The minimum Gasteiger partial charge on any atom is -0.380 e. The van der Waals surface area contributed by atoms with Gasteiger partial charge in [-0.25, -0.2) is 0 Å². The topological polar surface area (TPSA) is 12.0 Å². The summed E-state index contributed by atoms with van der Waals surface area (Å²) >= 11 is 1.63. The fraction of sp³-hybridized carbons (Fsp3) is 0.375. The molecule has 0 saturated heterocycles. The fourth-order valence-electron chi connectivity index (χ4n) is 1.94. The Labute approximate surface area is 126 Å². The van der Waals surface area contributed by atoms with Gasteiger partial charge < -0.3 is 5.32 Å². The van der Waals surface area contributed by atoms with Crippen molar-refractivity contribution in [2.45, 2.75) is 38.9 Å². The third kappa shape index (κ3) is 4.00. The minimum atomic E-state index is -4.34. The molecule has 0 bridgehead atoms. The van der Waals surface area contributed by atoms with Crippen LogP contribution < -0.4 is 5.32 Å². The van der Waals surface area contributed by atoms with Gasteiger partial charge in [0.2, 0.25) is 0 Å². The van der Waals surface area contributed by atoms with Crippen molar-refractivity contribution in [2.24, 2.45) is 0 Å². The lowest BCUT2D eigenvalue weighted by atomic mass is 9.95. The summed E-state index contributed by atoms with van der Waals surface area (Å²) in [5.74, 6) is 0. The van der Waals surface area contributed by atoms with Gasteiger partial charge >= 0.3 is 6.18 Å². The maximum absolute atomic E-state index is 12.9. The third-order valence-corrected chi connectivity index (χ3v) is 4.60. The second-order valence-electron chi connectivity index (χ2n) is 5.91. The monoisotopic (exact) mass is 313 g/mol. The van der Waals surface area contributed by atoms with Crippen molar-refractivity contribution in [1.29, 1.82) is 0 Å². The van der Waals surface area contributed by atoms with Crippen molar-refractivity contribution in [3.8, 4) is 0 Å². The number of benzene rings is 1. The van der Waals surface area contributed by atoms with Gasteiger partial charge in [-0.1, -0.05) is 32.9 Å². The summed E-state index contributed by atoms with van der Waals surface area (Å²) in [6, 6.07) is 9.56. The Kier molecular flexibility index (Phi) is 4.33. The summed E-state index contributed by atoms with van der Waals surface area (Å²) < 4.78 is 38.7. The highest BCUT2D eigenvalue weighted by molar-refractivity contribution is 7.12. The predicted octanol–water partition coefficient (Wildman–Crippen LogP) is 5.68. The molecule has 0 aliphatic carbocycles. The van der Waals surface area contributed by atoms with Crippen LogP contribution in [0.4, 0.5) is 18.9 Å². The van der Waals surface area contributed by atoms with Crippen LogP contribution in [0.5, 0.6) is 0 Å². The second-order valence-corrected chi connectivity index (χ2v) is 7.08. The lowest BCUT2D eigenvalue weighted by Crippen LogP contribution is -2.10. The maximum atomic E-state index is 12.9. The Bertz CT molecular complexity index is 608. The van der Waals surface area contributed by atoms with Gasteiger partial charge in [-0.15, -0.1) is 11.3 Å². The molecule has 2 rings (SSSR count). The Morgan fingerprint density at radius 2 is 1.67 bits per heavy atom. The lowest BCUT2D eigenvalue weighted by molar-refractivity contribution is -0.136. The number of thiophene rings is 1. The van der Waals surface area contributed by atoms with Gasteiger partial charge in [0, 0.05) is 22.0 Å². The molecule has 5 heteroatoms. The SMILES string of the molecule is CC(C)(C)c1ccc(CNc2ccccc2C(F)(F)F)s1. The molecule has 0 spiro atoms. The van der Waals surface area contributed by atoms with Gasteiger partial charge in [0.25, 0.3) is 0 Å². The molecular formula is C16H18F3NS. The second kappa shape index (κ2) is 5.72. The van der Waals surface area contributed by atoms with Gasteiger partial charge in [-0.05, 0) is 29.7 Å². The van der Waals surface area contributed by atoms with Crippen molar-refractivity contribution in [3.05, 3.63) is 51.7 Å². The van der Waals surface area contributed by atoms with Crippen LogP contribution in [0.1, 0.15) is 36.1 Å². The Morgan fingerprint density at radius 3 is 2.24 bits per heavy atom. The van der Waals surface area contributed by atoms with Crippen LogP contribution in [-0.4, -0.2) is 0 Å². The van der Waals surface area contributed by atoms with Crippen molar-refractivity contribution >= 4 is 17.0 Å². The van der Waals surface area contributed by atoms with E-state index in [1.807, 2.05) is 12.1 Å². The smallest absolute Gasteiger partial charge is 0.380 e. The van der Waals surface area contributed by atoms with Crippen LogP contribution in [0.3, 0.4) is 0 Å². The maximum Gasteiger partial charge on any atom is 0.418 e. The number of anilines is 1. The Morgan fingerprint density at radius 1 is 1.00 bits per heavy atom. The van der Waals surface area contributed by atoms with E-state index in [4.69, 9.17) is 0 Å². The third-order valence-electron chi connectivity index (χ3n) is 3.09. The first kappa shape index (κ1) is 15.9. The van der Waals surface area contributed by atoms with E-state index in [2.05, 4.69) is 26.1 Å². The molecule has 1 heterocycles. The molecule has 0 saturated carbocycles. The van der Waals surface area contributed by atoms with Crippen LogP contribution in [0, 0.1) is 0 Å². The molecule has 1 N–H and O–H groups in total. The molecule has 0 fully saturated rings. The molecule has 0 amide bonds. The van der Waals surface area contributed by atoms with Crippen LogP contribution >= 0.6 is 11.3 Å². The van der Waals surface area contributed by atoms with E-state index in [1.165, 1.54) is 17.0 Å². The van der Waals surface area contributed by atoms with Crippen molar-refractivity contribution in [3.63, 3.8) is 0 Å². The fourth-order valence-corrected chi connectivity index (χ4v) is 2.95. The normalized spacial score (nSPS) is 12.5. The average Bonchev–Trinajstić information content (AvgIpc) is 2.84. The van der Waals surface area contributed by atoms with Crippen LogP contribution in [0.15, 0.2) is 36.4 Å². The van der Waals surface area contributed by atoms with E-state index in [9.17, 15) is 13.2 Å². The van der Waals surface area contributed by atoms with Gasteiger partial charge in [-0.3, -0.25) is 0 Å². The van der Waals surface area contributed by atoms with E-state index in [0.717, 1.165) is 10.9 Å². The Balaban J connectivity index is 2.12. The highest BCUT2D eigenvalue weighted by atomic mass is 32.1. The first-order chi connectivity index (χ1) is 9.68. The minimum absolute atomic E-state index is 0.0623. The first-order valence-corrected chi connectivity index (χ1v) is 7.49. The summed E-state index contributed by atoms with van der Waals surface area (Å²) in [6.07, 6.45) is -4.34. The van der Waals surface area contributed by atoms with Crippen LogP contribution in [0.2, 0.25) is 0 Å². The summed E-state index contributed by atoms with van der Waals surface area (Å²) in [6.45, 7) is 6.76. The molecule has 1 aromatic carbocycles. The van der Waals surface area contributed by atoms with E-state index in [-0.39, 0.29) is 11.1 Å².